The molecule has 3 heterocycles. The van der Waals surface area contributed by atoms with E-state index in [2.05, 4.69) is 15.0 Å². The molecule has 1 saturated heterocycles. The molecule has 0 spiro atoms. The lowest BCUT2D eigenvalue weighted by atomic mass is 10.1. The first-order valence-corrected chi connectivity index (χ1v) is 6.14. The van der Waals surface area contributed by atoms with Crippen molar-refractivity contribution < 1.29 is 14.9 Å². The lowest BCUT2D eigenvalue weighted by Gasteiger charge is -2.16. The molecule has 0 radical (unpaired) electrons. The lowest BCUT2D eigenvalue weighted by Crippen LogP contribution is -2.32. The second-order valence-corrected chi connectivity index (χ2v) is 4.56. The first-order valence-electron chi connectivity index (χ1n) is 5.61. The SMILES string of the molecule is O=c1[nH]cnc2c1ncn2[C@H]1O[C@@H](CCl)[C@H](O)[C@@H]1O. The van der Waals surface area contributed by atoms with E-state index in [0.29, 0.717) is 0 Å². The number of H-pyrrole nitrogens is 1. The topological polar surface area (TPSA) is 113 Å². The number of halogens is 1. The summed E-state index contributed by atoms with van der Waals surface area (Å²) in [5.41, 5.74) is 0.0306. The van der Waals surface area contributed by atoms with Crippen LogP contribution in [0.1, 0.15) is 6.23 Å². The molecular weight excluding hydrogens is 276 g/mol. The van der Waals surface area contributed by atoms with Crippen molar-refractivity contribution in [3.05, 3.63) is 23.0 Å². The van der Waals surface area contributed by atoms with Gasteiger partial charge in [0.15, 0.2) is 17.4 Å². The summed E-state index contributed by atoms with van der Waals surface area (Å²) in [6.45, 7) is 0. The molecule has 0 saturated carbocycles. The summed E-state index contributed by atoms with van der Waals surface area (Å²) in [7, 11) is 0. The van der Waals surface area contributed by atoms with E-state index < -0.39 is 24.5 Å². The third-order valence-corrected chi connectivity index (χ3v) is 3.43. The molecule has 1 aliphatic heterocycles. The number of aromatic amines is 1. The lowest BCUT2D eigenvalue weighted by molar-refractivity contribution is -0.0291. The zero-order chi connectivity index (χ0) is 13.6. The summed E-state index contributed by atoms with van der Waals surface area (Å²) in [6, 6.07) is 0. The molecule has 2 aromatic rings. The molecule has 3 N–H and O–H groups in total. The van der Waals surface area contributed by atoms with E-state index in [4.69, 9.17) is 16.3 Å². The van der Waals surface area contributed by atoms with E-state index in [1.165, 1.54) is 17.2 Å². The van der Waals surface area contributed by atoms with Gasteiger partial charge in [-0.3, -0.25) is 9.36 Å². The number of alkyl halides is 1. The van der Waals surface area contributed by atoms with Gasteiger partial charge in [-0.25, -0.2) is 9.97 Å². The summed E-state index contributed by atoms with van der Waals surface area (Å²) >= 11 is 5.65. The Kier molecular flexibility index (Phi) is 3.02. The summed E-state index contributed by atoms with van der Waals surface area (Å²) in [6.07, 6.45) is -1.24. The molecule has 0 amide bonds. The van der Waals surface area contributed by atoms with E-state index in [0.717, 1.165) is 0 Å². The van der Waals surface area contributed by atoms with E-state index in [1.807, 2.05) is 0 Å². The van der Waals surface area contributed by atoms with Crippen LogP contribution >= 0.6 is 11.6 Å². The molecule has 19 heavy (non-hydrogen) atoms. The maximum Gasteiger partial charge on any atom is 0.278 e. The van der Waals surface area contributed by atoms with Crippen molar-refractivity contribution in [1.29, 1.82) is 0 Å². The Morgan fingerprint density at radius 3 is 2.89 bits per heavy atom. The number of rotatable bonds is 2. The van der Waals surface area contributed by atoms with Gasteiger partial charge in [0, 0.05) is 0 Å². The molecule has 0 bridgehead atoms. The summed E-state index contributed by atoms with van der Waals surface area (Å²) in [5, 5.41) is 19.7. The standard InChI is InChI=1S/C10H11ClN4O4/c11-1-4-6(16)7(17)10(19-4)15-3-14-5-8(15)12-2-13-9(5)18/h2-4,6-7,10,16-17H,1H2,(H,12,13,18)/t4-,6-,7-,10-/m0/s1. The van der Waals surface area contributed by atoms with Gasteiger partial charge in [-0.1, -0.05) is 0 Å². The Bertz CT molecular complexity index is 656. The molecule has 3 rings (SSSR count). The molecule has 0 aromatic carbocycles. The second-order valence-electron chi connectivity index (χ2n) is 4.26. The minimum Gasteiger partial charge on any atom is -0.387 e. The van der Waals surface area contributed by atoms with Crippen LogP contribution in [0.5, 0.6) is 0 Å². The average molecular weight is 287 g/mol. The fourth-order valence-corrected chi connectivity index (χ4v) is 2.39. The van der Waals surface area contributed by atoms with Crippen LogP contribution in [0.15, 0.2) is 17.4 Å². The Hall–Kier alpha value is -1.48. The summed E-state index contributed by atoms with van der Waals surface area (Å²) in [4.78, 5) is 21.9. The highest BCUT2D eigenvalue weighted by molar-refractivity contribution is 6.18. The Morgan fingerprint density at radius 1 is 1.42 bits per heavy atom. The van der Waals surface area contributed by atoms with Crippen molar-refractivity contribution in [2.45, 2.75) is 24.5 Å². The molecule has 8 nitrogen and oxygen atoms in total. The number of ether oxygens (including phenoxy) is 1. The molecule has 1 fully saturated rings. The van der Waals surface area contributed by atoms with Gasteiger partial charge in [0.2, 0.25) is 0 Å². The quantitative estimate of drug-likeness (QED) is 0.609. The summed E-state index contributed by atoms with van der Waals surface area (Å²) < 4.78 is 6.87. The van der Waals surface area contributed by atoms with Crippen LogP contribution in [-0.4, -0.2) is 53.9 Å². The smallest absolute Gasteiger partial charge is 0.278 e. The van der Waals surface area contributed by atoms with E-state index in [1.54, 1.807) is 0 Å². The van der Waals surface area contributed by atoms with Crippen molar-refractivity contribution in [3.63, 3.8) is 0 Å². The zero-order valence-electron chi connectivity index (χ0n) is 9.60. The van der Waals surface area contributed by atoms with E-state index in [-0.39, 0.29) is 22.6 Å². The highest BCUT2D eigenvalue weighted by Crippen LogP contribution is 2.31. The number of aromatic nitrogens is 4. The number of fused-ring (bicyclic) bond motifs is 1. The van der Waals surface area contributed by atoms with Crippen LogP contribution in [0.4, 0.5) is 0 Å². The maximum absolute atomic E-state index is 11.5. The van der Waals surface area contributed by atoms with E-state index >= 15 is 0 Å². The molecule has 9 heteroatoms. The molecule has 1 aliphatic rings. The fourth-order valence-electron chi connectivity index (χ4n) is 2.14. The Labute approximate surface area is 111 Å². The van der Waals surface area contributed by atoms with Crippen LogP contribution in [0.25, 0.3) is 11.2 Å². The molecule has 0 aliphatic carbocycles. The van der Waals surface area contributed by atoms with Crippen LogP contribution in [0.2, 0.25) is 0 Å². The largest absolute Gasteiger partial charge is 0.387 e. The number of nitrogens with zero attached hydrogens (tertiary/aromatic N) is 3. The highest BCUT2D eigenvalue weighted by atomic mass is 35.5. The minimum atomic E-state index is -1.16. The Morgan fingerprint density at radius 2 is 2.21 bits per heavy atom. The molecule has 4 atom stereocenters. The van der Waals surface area contributed by atoms with Crippen molar-refractivity contribution in [1.82, 2.24) is 19.5 Å². The van der Waals surface area contributed by atoms with Gasteiger partial charge in [0.1, 0.15) is 18.3 Å². The second kappa shape index (κ2) is 4.57. The van der Waals surface area contributed by atoms with Crippen molar-refractivity contribution in [2.24, 2.45) is 0 Å². The number of aliphatic hydroxyl groups excluding tert-OH is 2. The third-order valence-electron chi connectivity index (χ3n) is 3.13. The van der Waals surface area contributed by atoms with Crippen molar-refractivity contribution in [2.75, 3.05) is 5.88 Å². The average Bonchev–Trinajstić information content (AvgIpc) is 2.94. The normalized spacial score (nSPS) is 31.1. The van der Waals surface area contributed by atoms with E-state index in [9.17, 15) is 15.0 Å². The van der Waals surface area contributed by atoms with Crippen LogP contribution < -0.4 is 5.56 Å². The fraction of sp³-hybridized carbons (Fsp3) is 0.500. The number of imidazole rings is 1. The zero-order valence-corrected chi connectivity index (χ0v) is 10.4. The van der Waals surface area contributed by atoms with Gasteiger partial charge < -0.3 is 19.9 Å². The first-order chi connectivity index (χ1) is 9.13. The van der Waals surface area contributed by atoms with Gasteiger partial charge in [0.05, 0.1) is 18.5 Å². The first kappa shape index (κ1) is 12.5. The van der Waals surface area contributed by atoms with Gasteiger partial charge in [0.25, 0.3) is 5.56 Å². The Balaban J connectivity index is 2.06. The van der Waals surface area contributed by atoms with Crippen molar-refractivity contribution in [3.8, 4) is 0 Å². The summed E-state index contributed by atoms with van der Waals surface area (Å²) in [5.74, 6) is 0.0510. The van der Waals surface area contributed by atoms with Crippen LogP contribution in [0.3, 0.4) is 0 Å². The van der Waals surface area contributed by atoms with Gasteiger partial charge in [-0.15, -0.1) is 11.6 Å². The molecule has 2 aromatic heterocycles. The number of hydrogen-bond donors (Lipinski definition) is 3. The van der Waals surface area contributed by atoms with Gasteiger partial charge in [-0.2, -0.15) is 0 Å². The molecule has 0 unspecified atom stereocenters. The maximum atomic E-state index is 11.5. The number of aliphatic hydroxyl groups is 2. The van der Waals surface area contributed by atoms with Gasteiger partial charge >= 0.3 is 0 Å². The molecular formula is C10H11ClN4O4. The predicted octanol–water partition coefficient (Wildman–Crippen LogP) is -1.02. The monoisotopic (exact) mass is 286 g/mol. The van der Waals surface area contributed by atoms with Crippen molar-refractivity contribution >= 4 is 22.8 Å². The number of hydrogen-bond acceptors (Lipinski definition) is 6. The number of nitrogens with one attached hydrogen (secondary N) is 1. The molecule has 102 valence electrons. The third kappa shape index (κ3) is 1.84. The minimum absolute atomic E-state index is 0.0510. The van der Waals surface area contributed by atoms with Crippen LogP contribution in [-0.2, 0) is 4.74 Å². The van der Waals surface area contributed by atoms with Crippen LogP contribution in [0, 0.1) is 0 Å². The highest BCUT2D eigenvalue weighted by Gasteiger charge is 2.43. The predicted molar refractivity (Wildman–Crippen MR) is 64.8 cm³/mol. The van der Waals surface area contributed by atoms with Gasteiger partial charge in [-0.05, 0) is 0 Å².